The molecule has 2 aliphatic rings. The Hall–Kier alpha value is -1.06. The topological polar surface area (TPSA) is 40.6 Å². The van der Waals surface area contributed by atoms with Crippen LogP contribution in [-0.2, 0) is 9.59 Å². The number of piperazine rings is 1. The molecule has 0 aromatic carbocycles. The Bertz CT molecular complexity index is 261. The molecule has 1 saturated heterocycles. The van der Waals surface area contributed by atoms with Gasteiger partial charge in [0.1, 0.15) is 0 Å². The van der Waals surface area contributed by atoms with Crippen LogP contribution in [0.1, 0.15) is 19.3 Å². The molecule has 14 heavy (non-hydrogen) atoms. The molecule has 0 spiro atoms. The van der Waals surface area contributed by atoms with Gasteiger partial charge in [0.05, 0.1) is 6.54 Å². The highest BCUT2D eigenvalue weighted by atomic mass is 16.2. The van der Waals surface area contributed by atoms with Crippen LogP contribution < -0.4 is 0 Å². The van der Waals surface area contributed by atoms with E-state index >= 15 is 0 Å². The molecule has 0 atom stereocenters. The first kappa shape index (κ1) is 9.49. The van der Waals surface area contributed by atoms with Crippen molar-refractivity contribution in [2.75, 3.05) is 26.7 Å². The molecular formula is C10H16N2O2. The fourth-order valence-corrected chi connectivity index (χ4v) is 1.86. The highest BCUT2D eigenvalue weighted by molar-refractivity contribution is 5.87. The normalized spacial score (nSPS) is 23.6. The summed E-state index contributed by atoms with van der Waals surface area (Å²) in [5.74, 6) is 0.466. The fraction of sp³-hybridized carbons (Fsp3) is 0.800. The lowest BCUT2D eigenvalue weighted by atomic mass is 9.84. The maximum atomic E-state index is 11.8. The highest BCUT2D eigenvalue weighted by Crippen LogP contribution is 2.28. The zero-order valence-electron chi connectivity index (χ0n) is 8.53. The monoisotopic (exact) mass is 196 g/mol. The second kappa shape index (κ2) is 3.59. The fourth-order valence-electron chi connectivity index (χ4n) is 1.86. The molecule has 0 radical (unpaired) electrons. The first-order chi connectivity index (χ1) is 6.68. The van der Waals surface area contributed by atoms with Gasteiger partial charge in [-0.25, -0.2) is 0 Å². The third-order valence-corrected chi connectivity index (χ3v) is 3.22. The molecule has 2 fully saturated rings. The molecule has 2 amide bonds. The van der Waals surface area contributed by atoms with Gasteiger partial charge in [0.25, 0.3) is 0 Å². The summed E-state index contributed by atoms with van der Waals surface area (Å²) in [5.41, 5.74) is 0. The minimum Gasteiger partial charge on any atom is -0.342 e. The largest absolute Gasteiger partial charge is 0.342 e. The van der Waals surface area contributed by atoms with Crippen molar-refractivity contribution in [3.63, 3.8) is 0 Å². The van der Waals surface area contributed by atoms with Gasteiger partial charge in [-0.3, -0.25) is 9.59 Å². The molecule has 0 bridgehead atoms. The molecule has 78 valence electrons. The Morgan fingerprint density at radius 3 is 2.57 bits per heavy atom. The van der Waals surface area contributed by atoms with Crippen LogP contribution in [0.3, 0.4) is 0 Å². The van der Waals surface area contributed by atoms with Gasteiger partial charge in [-0.1, -0.05) is 6.42 Å². The van der Waals surface area contributed by atoms with Crippen LogP contribution in [-0.4, -0.2) is 48.3 Å². The summed E-state index contributed by atoms with van der Waals surface area (Å²) in [6.07, 6.45) is 3.19. The lowest BCUT2D eigenvalue weighted by molar-refractivity contribution is -0.148. The van der Waals surface area contributed by atoms with Gasteiger partial charge in [-0.15, -0.1) is 0 Å². The Morgan fingerprint density at radius 2 is 2.07 bits per heavy atom. The molecule has 4 heteroatoms. The minimum absolute atomic E-state index is 0.0592. The summed E-state index contributed by atoms with van der Waals surface area (Å²) in [6, 6.07) is 0. The van der Waals surface area contributed by atoms with E-state index in [2.05, 4.69) is 0 Å². The summed E-state index contributed by atoms with van der Waals surface area (Å²) < 4.78 is 0. The highest BCUT2D eigenvalue weighted by Gasteiger charge is 2.32. The van der Waals surface area contributed by atoms with Crippen LogP contribution in [0.15, 0.2) is 0 Å². The molecule has 1 aliphatic heterocycles. The van der Waals surface area contributed by atoms with Crippen molar-refractivity contribution in [2.24, 2.45) is 5.92 Å². The van der Waals surface area contributed by atoms with Crippen LogP contribution in [0.2, 0.25) is 0 Å². The second-order valence-electron chi connectivity index (χ2n) is 4.20. The van der Waals surface area contributed by atoms with Crippen molar-refractivity contribution in [1.29, 1.82) is 0 Å². The number of rotatable bonds is 1. The van der Waals surface area contributed by atoms with Crippen molar-refractivity contribution < 1.29 is 9.59 Å². The maximum Gasteiger partial charge on any atom is 0.241 e. The summed E-state index contributed by atoms with van der Waals surface area (Å²) >= 11 is 0. The number of hydrogen-bond acceptors (Lipinski definition) is 2. The third-order valence-electron chi connectivity index (χ3n) is 3.22. The zero-order valence-corrected chi connectivity index (χ0v) is 8.53. The van der Waals surface area contributed by atoms with Gasteiger partial charge in [0.2, 0.25) is 11.8 Å². The molecule has 0 unspecified atom stereocenters. The Kier molecular flexibility index (Phi) is 2.44. The van der Waals surface area contributed by atoms with Crippen LogP contribution in [0.5, 0.6) is 0 Å². The van der Waals surface area contributed by atoms with Crippen molar-refractivity contribution in [2.45, 2.75) is 19.3 Å². The molecule has 0 N–H and O–H groups in total. The first-order valence-electron chi connectivity index (χ1n) is 5.21. The van der Waals surface area contributed by atoms with Crippen molar-refractivity contribution in [3.05, 3.63) is 0 Å². The van der Waals surface area contributed by atoms with Crippen LogP contribution in [0.4, 0.5) is 0 Å². The molecule has 0 aromatic rings. The van der Waals surface area contributed by atoms with Gasteiger partial charge >= 0.3 is 0 Å². The zero-order chi connectivity index (χ0) is 10.1. The third kappa shape index (κ3) is 1.61. The van der Waals surface area contributed by atoms with E-state index in [1.807, 2.05) is 0 Å². The average Bonchev–Trinajstić information content (AvgIpc) is 2.06. The lowest BCUT2D eigenvalue weighted by Gasteiger charge is -2.36. The Labute approximate surface area is 83.9 Å². The molecule has 0 aromatic heterocycles. The molecule has 1 aliphatic carbocycles. The van der Waals surface area contributed by atoms with E-state index in [1.54, 1.807) is 16.8 Å². The van der Waals surface area contributed by atoms with Crippen LogP contribution in [0.25, 0.3) is 0 Å². The van der Waals surface area contributed by atoms with Gasteiger partial charge in [-0.2, -0.15) is 0 Å². The quantitative estimate of drug-likeness (QED) is 0.596. The summed E-state index contributed by atoms with van der Waals surface area (Å²) in [6.45, 7) is 1.67. The number of carbonyl (C=O) groups excluding carboxylic acids is 2. The van der Waals surface area contributed by atoms with E-state index in [9.17, 15) is 9.59 Å². The molecule has 2 rings (SSSR count). The molecule has 1 saturated carbocycles. The number of nitrogens with zero attached hydrogens (tertiary/aromatic N) is 2. The number of amides is 2. The lowest BCUT2D eigenvalue weighted by Crippen LogP contribution is -2.52. The smallest absolute Gasteiger partial charge is 0.241 e. The van der Waals surface area contributed by atoms with E-state index in [1.165, 1.54) is 0 Å². The van der Waals surface area contributed by atoms with Crippen LogP contribution in [0, 0.1) is 5.92 Å². The van der Waals surface area contributed by atoms with Crippen molar-refractivity contribution >= 4 is 11.8 Å². The predicted molar refractivity (Wildman–Crippen MR) is 51.6 cm³/mol. The molecule has 4 nitrogen and oxygen atoms in total. The van der Waals surface area contributed by atoms with E-state index in [4.69, 9.17) is 0 Å². The predicted octanol–water partition coefficient (Wildman–Crippen LogP) is 0.0871. The summed E-state index contributed by atoms with van der Waals surface area (Å²) in [5, 5.41) is 0. The Morgan fingerprint density at radius 1 is 1.36 bits per heavy atom. The average molecular weight is 196 g/mol. The van der Waals surface area contributed by atoms with Gasteiger partial charge in [-0.05, 0) is 12.8 Å². The van der Waals surface area contributed by atoms with E-state index in [0.29, 0.717) is 13.1 Å². The number of hydrogen-bond donors (Lipinski definition) is 0. The standard InChI is InChI=1S/C10H16N2O2/c1-11-5-6-12(7-9(11)13)10(14)8-3-2-4-8/h8H,2-7H2,1H3. The van der Waals surface area contributed by atoms with Crippen molar-refractivity contribution in [1.82, 2.24) is 9.80 Å². The van der Waals surface area contributed by atoms with Gasteiger partial charge in [0.15, 0.2) is 0 Å². The molecular weight excluding hydrogens is 180 g/mol. The molecule has 1 heterocycles. The van der Waals surface area contributed by atoms with Crippen molar-refractivity contribution in [3.8, 4) is 0 Å². The number of likely N-dealkylation sites (N-methyl/N-ethyl adjacent to an activating group) is 1. The Balaban J connectivity index is 1.92. The second-order valence-corrected chi connectivity index (χ2v) is 4.20. The van der Waals surface area contributed by atoms with Crippen LogP contribution >= 0.6 is 0 Å². The maximum absolute atomic E-state index is 11.8. The van der Waals surface area contributed by atoms with E-state index in [0.717, 1.165) is 19.3 Å². The summed E-state index contributed by atoms with van der Waals surface area (Å²) in [4.78, 5) is 26.6. The SMILES string of the molecule is CN1CCN(C(=O)C2CCC2)CC1=O. The van der Waals surface area contributed by atoms with Gasteiger partial charge in [0, 0.05) is 26.1 Å². The minimum atomic E-state index is 0.0592. The first-order valence-corrected chi connectivity index (χ1v) is 5.21. The van der Waals surface area contributed by atoms with E-state index in [-0.39, 0.29) is 24.3 Å². The number of carbonyl (C=O) groups is 2. The van der Waals surface area contributed by atoms with E-state index < -0.39 is 0 Å². The summed E-state index contributed by atoms with van der Waals surface area (Å²) in [7, 11) is 1.79. The van der Waals surface area contributed by atoms with Gasteiger partial charge < -0.3 is 9.80 Å².